The summed E-state index contributed by atoms with van der Waals surface area (Å²) in [5.41, 5.74) is -0.736. The van der Waals surface area contributed by atoms with E-state index in [1.807, 2.05) is 11.8 Å². The first-order valence-electron chi connectivity index (χ1n) is 7.07. The van der Waals surface area contributed by atoms with Crippen molar-refractivity contribution in [2.24, 2.45) is 5.41 Å². The number of carbonyl (C=O) groups is 2. The molecule has 0 aromatic rings. The Labute approximate surface area is 113 Å². The number of urea groups is 1. The summed E-state index contributed by atoms with van der Waals surface area (Å²) in [6.45, 7) is 6.02. The highest BCUT2D eigenvalue weighted by Crippen LogP contribution is 2.34. The molecule has 2 rings (SSSR count). The van der Waals surface area contributed by atoms with Crippen molar-refractivity contribution in [3.63, 3.8) is 0 Å². The fourth-order valence-corrected chi connectivity index (χ4v) is 2.89. The normalized spacial score (nSPS) is 28.3. The molecule has 2 fully saturated rings. The molecule has 0 aliphatic carbocycles. The summed E-state index contributed by atoms with van der Waals surface area (Å²) in [6, 6.07) is 0.000255. The first-order valence-corrected chi connectivity index (χ1v) is 7.07. The molecule has 6 nitrogen and oxygen atoms in total. The monoisotopic (exact) mass is 269 g/mol. The van der Waals surface area contributed by atoms with Crippen molar-refractivity contribution in [2.75, 3.05) is 39.3 Å². The zero-order valence-corrected chi connectivity index (χ0v) is 11.5. The molecule has 108 valence electrons. The molecule has 1 atom stereocenters. The van der Waals surface area contributed by atoms with Gasteiger partial charge in [0.1, 0.15) is 0 Å². The molecule has 0 radical (unpaired) electrons. The lowest BCUT2D eigenvalue weighted by atomic mass is 9.84. The van der Waals surface area contributed by atoms with Gasteiger partial charge in [0, 0.05) is 32.7 Å². The van der Waals surface area contributed by atoms with E-state index in [9.17, 15) is 14.7 Å². The zero-order chi connectivity index (χ0) is 13.9. The first kappa shape index (κ1) is 14.1. The van der Waals surface area contributed by atoms with Crippen molar-refractivity contribution in [2.45, 2.75) is 26.2 Å². The van der Waals surface area contributed by atoms with E-state index in [0.29, 0.717) is 32.5 Å². The molecule has 2 saturated heterocycles. The van der Waals surface area contributed by atoms with Gasteiger partial charge in [0.25, 0.3) is 0 Å². The Bertz CT molecular complexity index is 353. The maximum absolute atomic E-state index is 12.4. The van der Waals surface area contributed by atoms with E-state index in [4.69, 9.17) is 0 Å². The molecule has 2 aliphatic heterocycles. The van der Waals surface area contributed by atoms with E-state index in [0.717, 1.165) is 26.1 Å². The van der Waals surface area contributed by atoms with Gasteiger partial charge in [-0.25, -0.2) is 4.79 Å². The van der Waals surface area contributed by atoms with Gasteiger partial charge in [0.05, 0.1) is 5.41 Å². The predicted molar refractivity (Wildman–Crippen MR) is 71.0 cm³/mol. The quantitative estimate of drug-likeness (QED) is 0.769. The van der Waals surface area contributed by atoms with Gasteiger partial charge in [-0.15, -0.1) is 0 Å². The fourth-order valence-electron chi connectivity index (χ4n) is 2.89. The summed E-state index contributed by atoms with van der Waals surface area (Å²) in [6.07, 6.45) is 2.10. The Morgan fingerprint density at radius 1 is 1.21 bits per heavy atom. The summed E-state index contributed by atoms with van der Waals surface area (Å²) in [7, 11) is 0. The second-order valence-corrected chi connectivity index (χ2v) is 5.48. The molecule has 19 heavy (non-hydrogen) atoms. The van der Waals surface area contributed by atoms with Gasteiger partial charge in [-0.2, -0.15) is 0 Å². The van der Waals surface area contributed by atoms with Gasteiger partial charge in [-0.3, -0.25) is 4.79 Å². The van der Waals surface area contributed by atoms with Crippen LogP contribution in [0.2, 0.25) is 0 Å². The number of rotatable bonds is 2. The van der Waals surface area contributed by atoms with E-state index in [2.05, 4.69) is 5.32 Å². The van der Waals surface area contributed by atoms with Crippen LogP contribution in [0.4, 0.5) is 4.79 Å². The van der Waals surface area contributed by atoms with Crippen molar-refractivity contribution >= 4 is 12.0 Å². The molecule has 0 aromatic carbocycles. The number of carboxylic acid groups (broad SMARTS) is 1. The number of carboxylic acids is 1. The summed E-state index contributed by atoms with van der Waals surface area (Å²) in [4.78, 5) is 27.4. The van der Waals surface area contributed by atoms with Crippen molar-refractivity contribution in [3.8, 4) is 0 Å². The Morgan fingerprint density at radius 2 is 2.00 bits per heavy atom. The molecule has 2 N–H and O–H groups in total. The summed E-state index contributed by atoms with van der Waals surface area (Å²) in [5.74, 6) is -0.775. The third kappa shape index (κ3) is 2.83. The smallest absolute Gasteiger partial charge is 0.320 e. The van der Waals surface area contributed by atoms with Crippen LogP contribution in [-0.2, 0) is 4.79 Å². The number of hydrogen-bond donors (Lipinski definition) is 2. The minimum Gasteiger partial charge on any atom is -0.481 e. The van der Waals surface area contributed by atoms with Crippen LogP contribution in [0.15, 0.2) is 0 Å². The van der Waals surface area contributed by atoms with Gasteiger partial charge in [0.15, 0.2) is 0 Å². The van der Waals surface area contributed by atoms with E-state index in [1.165, 1.54) is 0 Å². The predicted octanol–water partition coefficient (Wildman–Crippen LogP) is 0.588. The number of nitrogens with zero attached hydrogens (tertiary/aromatic N) is 2. The minimum atomic E-state index is -0.775. The SMILES string of the molecule is CCC1(C(=O)O)CCN(C(=O)N2CCCNCC2)C1. The van der Waals surface area contributed by atoms with Gasteiger partial charge in [0.2, 0.25) is 0 Å². The maximum Gasteiger partial charge on any atom is 0.320 e. The second-order valence-electron chi connectivity index (χ2n) is 5.48. The van der Waals surface area contributed by atoms with Crippen molar-refractivity contribution < 1.29 is 14.7 Å². The molecule has 0 bridgehead atoms. The highest BCUT2D eigenvalue weighted by Gasteiger charge is 2.45. The minimum absolute atomic E-state index is 0.000255. The summed E-state index contributed by atoms with van der Waals surface area (Å²) < 4.78 is 0. The number of aliphatic carboxylic acids is 1. The Kier molecular flexibility index (Phi) is 4.29. The standard InChI is InChI=1S/C13H23N3O3/c1-2-13(11(17)18)4-8-16(10-13)12(19)15-7-3-5-14-6-9-15/h14H,2-10H2,1H3,(H,17,18). The van der Waals surface area contributed by atoms with Crippen LogP contribution >= 0.6 is 0 Å². The average Bonchev–Trinajstić information content (AvgIpc) is 2.67. The van der Waals surface area contributed by atoms with Crippen LogP contribution in [0, 0.1) is 5.41 Å². The zero-order valence-electron chi connectivity index (χ0n) is 11.5. The van der Waals surface area contributed by atoms with Crippen LogP contribution in [-0.4, -0.2) is 66.2 Å². The highest BCUT2D eigenvalue weighted by atomic mass is 16.4. The Morgan fingerprint density at radius 3 is 2.63 bits per heavy atom. The van der Waals surface area contributed by atoms with Crippen LogP contribution in [0.5, 0.6) is 0 Å². The maximum atomic E-state index is 12.4. The lowest BCUT2D eigenvalue weighted by molar-refractivity contribution is -0.148. The first-order chi connectivity index (χ1) is 9.09. The Hall–Kier alpha value is -1.30. The van der Waals surface area contributed by atoms with E-state index < -0.39 is 11.4 Å². The molecule has 2 amide bonds. The highest BCUT2D eigenvalue weighted by molar-refractivity contribution is 5.79. The Balaban J connectivity index is 1.99. The largest absolute Gasteiger partial charge is 0.481 e. The third-order valence-corrected chi connectivity index (χ3v) is 4.37. The molecule has 6 heteroatoms. The van der Waals surface area contributed by atoms with Gasteiger partial charge >= 0.3 is 12.0 Å². The molecule has 1 unspecified atom stereocenters. The van der Waals surface area contributed by atoms with Gasteiger partial charge < -0.3 is 20.2 Å². The summed E-state index contributed by atoms with van der Waals surface area (Å²) in [5, 5.41) is 12.6. The molecular weight excluding hydrogens is 246 g/mol. The number of hydrogen-bond acceptors (Lipinski definition) is 3. The van der Waals surface area contributed by atoms with Crippen molar-refractivity contribution in [3.05, 3.63) is 0 Å². The molecule has 0 spiro atoms. The van der Waals surface area contributed by atoms with E-state index in [-0.39, 0.29) is 6.03 Å². The van der Waals surface area contributed by atoms with Gasteiger partial charge in [-0.1, -0.05) is 6.92 Å². The van der Waals surface area contributed by atoms with Crippen LogP contribution in [0.25, 0.3) is 0 Å². The molecule has 2 heterocycles. The molecule has 2 aliphatic rings. The average molecular weight is 269 g/mol. The lowest BCUT2D eigenvalue weighted by Gasteiger charge is -2.28. The van der Waals surface area contributed by atoms with Crippen LogP contribution < -0.4 is 5.32 Å². The number of nitrogens with one attached hydrogen (secondary N) is 1. The number of amides is 2. The van der Waals surface area contributed by atoms with E-state index in [1.54, 1.807) is 4.90 Å². The van der Waals surface area contributed by atoms with Crippen molar-refractivity contribution in [1.82, 2.24) is 15.1 Å². The van der Waals surface area contributed by atoms with E-state index >= 15 is 0 Å². The second kappa shape index (κ2) is 5.77. The number of carbonyl (C=O) groups excluding carboxylic acids is 1. The van der Waals surface area contributed by atoms with Gasteiger partial charge in [-0.05, 0) is 25.8 Å². The number of likely N-dealkylation sites (tertiary alicyclic amines) is 1. The van der Waals surface area contributed by atoms with Crippen LogP contribution in [0.1, 0.15) is 26.2 Å². The molecular formula is C13H23N3O3. The van der Waals surface area contributed by atoms with Crippen molar-refractivity contribution in [1.29, 1.82) is 0 Å². The topological polar surface area (TPSA) is 72.9 Å². The third-order valence-electron chi connectivity index (χ3n) is 4.37. The molecule has 0 saturated carbocycles. The fraction of sp³-hybridized carbons (Fsp3) is 0.846. The molecule has 0 aromatic heterocycles. The van der Waals surface area contributed by atoms with Crippen LogP contribution in [0.3, 0.4) is 0 Å². The lowest BCUT2D eigenvalue weighted by Crippen LogP contribution is -2.45. The summed E-state index contributed by atoms with van der Waals surface area (Å²) >= 11 is 0.